The molecule has 0 atom stereocenters. The summed E-state index contributed by atoms with van der Waals surface area (Å²) in [6.07, 6.45) is 5.94. The smallest absolute Gasteiger partial charge is 0.191 e. The van der Waals surface area contributed by atoms with Crippen LogP contribution >= 0.6 is 15.9 Å². The Morgan fingerprint density at radius 2 is 2.04 bits per heavy atom. The maximum absolute atomic E-state index is 14.1. The van der Waals surface area contributed by atoms with E-state index in [1.165, 1.54) is 6.07 Å². The summed E-state index contributed by atoms with van der Waals surface area (Å²) in [6.45, 7) is 1.22. The highest BCUT2D eigenvalue weighted by molar-refractivity contribution is 9.10. The molecule has 5 nitrogen and oxygen atoms in total. The molecule has 2 N–H and O–H groups in total. The van der Waals surface area contributed by atoms with Gasteiger partial charge < -0.3 is 15.0 Å². The van der Waals surface area contributed by atoms with E-state index in [-0.39, 0.29) is 11.2 Å². The van der Waals surface area contributed by atoms with E-state index in [1.807, 2.05) is 41.1 Å². The molecular formula is C20H21BrFN5. The molecule has 1 fully saturated rings. The summed E-state index contributed by atoms with van der Waals surface area (Å²) in [7, 11) is 1.73. The Morgan fingerprint density at radius 3 is 2.78 bits per heavy atom. The number of fused-ring (bicyclic) bond motifs is 1. The maximum Gasteiger partial charge on any atom is 0.191 e. The lowest BCUT2D eigenvalue weighted by Crippen LogP contribution is -2.41. The molecule has 1 aromatic carbocycles. The first-order valence-corrected chi connectivity index (χ1v) is 9.72. The molecule has 1 aliphatic rings. The fourth-order valence-corrected chi connectivity index (χ4v) is 3.69. The lowest BCUT2D eigenvalue weighted by Gasteiger charge is -2.19. The summed E-state index contributed by atoms with van der Waals surface area (Å²) in [5, 5.41) is 6.63. The predicted octanol–water partition coefficient (Wildman–Crippen LogP) is 3.63. The second kappa shape index (κ2) is 7.31. The van der Waals surface area contributed by atoms with Crippen molar-refractivity contribution in [2.75, 3.05) is 13.6 Å². The van der Waals surface area contributed by atoms with Crippen molar-refractivity contribution < 1.29 is 4.39 Å². The summed E-state index contributed by atoms with van der Waals surface area (Å²) >= 11 is 3.46. The van der Waals surface area contributed by atoms with Crippen molar-refractivity contribution in [2.24, 2.45) is 4.99 Å². The van der Waals surface area contributed by atoms with E-state index >= 15 is 0 Å². The van der Waals surface area contributed by atoms with Crippen LogP contribution in [0.25, 0.3) is 5.65 Å². The van der Waals surface area contributed by atoms with Crippen molar-refractivity contribution in [2.45, 2.75) is 24.8 Å². The van der Waals surface area contributed by atoms with Gasteiger partial charge in [0, 0.05) is 35.9 Å². The number of imidazole rings is 1. The number of nitrogens with zero attached hydrogens (tertiary/aromatic N) is 3. The van der Waals surface area contributed by atoms with Crippen LogP contribution in [0.3, 0.4) is 0 Å². The zero-order valence-corrected chi connectivity index (χ0v) is 16.6. The van der Waals surface area contributed by atoms with Crippen LogP contribution in [0.5, 0.6) is 0 Å². The number of benzene rings is 1. The van der Waals surface area contributed by atoms with Crippen LogP contribution in [-0.2, 0) is 12.0 Å². The first-order valence-electron chi connectivity index (χ1n) is 8.92. The molecule has 7 heteroatoms. The molecule has 140 valence electrons. The summed E-state index contributed by atoms with van der Waals surface area (Å²) in [5.74, 6) is 0.562. The van der Waals surface area contributed by atoms with Gasteiger partial charge in [0.05, 0.1) is 12.2 Å². The number of aliphatic imine (C=N–C) groups is 1. The summed E-state index contributed by atoms with van der Waals surface area (Å²) in [4.78, 5) is 8.86. The molecule has 0 spiro atoms. The number of hydrogen-bond donors (Lipinski definition) is 2. The van der Waals surface area contributed by atoms with Crippen molar-refractivity contribution in [1.82, 2.24) is 20.0 Å². The number of halogens is 2. The van der Waals surface area contributed by atoms with Gasteiger partial charge in [-0.25, -0.2) is 9.37 Å². The molecule has 0 radical (unpaired) electrons. The molecule has 1 saturated carbocycles. The van der Waals surface area contributed by atoms with Crippen molar-refractivity contribution in [1.29, 1.82) is 0 Å². The zero-order chi connectivity index (χ0) is 18.9. The molecule has 2 heterocycles. The third-order valence-corrected chi connectivity index (χ3v) is 5.49. The highest BCUT2D eigenvalue weighted by Crippen LogP contribution is 2.48. The van der Waals surface area contributed by atoms with Gasteiger partial charge in [0.1, 0.15) is 11.5 Å². The number of hydrogen-bond acceptors (Lipinski definition) is 2. The van der Waals surface area contributed by atoms with E-state index in [1.54, 1.807) is 13.1 Å². The summed E-state index contributed by atoms with van der Waals surface area (Å²) in [6, 6.07) is 11.0. The molecule has 2 aromatic heterocycles. The van der Waals surface area contributed by atoms with Crippen LogP contribution < -0.4 is 10.6 Å². The average molecular weight is 430 g/mol. The van der Waals surface area contributed by atoms with Crippen LogP contribution in [0.1, 0.15) is 24.1 Å². The zero-order valence-electron chi connectivity index (χ0n) is 15.0. The van der Waals surface area contributed by atoms with E-state index in [2.05, 4.69) is 36.5 Å². The van der Waals surface area contributed by atoms with E-state index < -0.39 is 0 Å². The largest absolute Gasteiger partial charge is 0.356 e. The van der Waals surface area contributed by atoms with Gasteiger partial charge in [-0.05, 0) is 52.5 Å². The molecule has 0 amide bonds. The Kier molecular flexibility index (Phi) is 4.86. The monoisotopic (exact) mass is 429 g/mol. The molecular weight excluding hydrogens is 409 g/mol. The van der Waals surface area contributed by atoms with Crippen LogP contribution in [0.4, 0.5) is 4.39 Å². The highest BCUT2D eigenvalue weighted by Gasteiger charge is 2.45. The third-order valence-electron chi connectivity index (χ3n) is 5.02. The fraction of sp³-hybridized carbons (Fsp3) is 0.300. The molecule has 0 aliphatic heterocycles. The minimum absolute atomic E-state index is 0.127. The predicted molar refractivity (Wildman–Crippen MR) is 108 cm³/mol. The Hall–Kier alpha value is -2.41. The minimum Gasteiger partial charge on any atom is -0.356 e. The van der Waals surface area contributed by atoms with E-state index in [0.29, 0.717) is 19.0 Å². The second-order valence-corrected chi connectivity index (χ2v) is 7.80. The van der Waals surface area contributed by atoms with Gasteiger partial charge >= 0.3 is 0 Å². The third kappa shape index (κ3) is 3.83. The molecule has 27 heavy (non-hydrogen) atoms. The summed E-state index contributed by atoms with van der Waals surface area (Å²) in [5.41, 5.74) is 2.48. The van der Waals surface area contributed by atoms with Crippen LogP contribution in [0, 0.1) is 5.82 Å². The quantitative estimate of drug-likeness (QED) is 0.480. The Bertz CT molecular complexity index is 993. The number of nitrogens with one attached hydrogen (secondary N) is 2. The van der Waals surface area contributed by atoms with Crippen molar-refractivity contribution in [3.05, 3.63) is 70.3 Å². The van der Waals surface area contributed by atoms with Gasteiger partial charge in [-0.1, -0.05) is 18.2 Å². The van der Waals surface area contributed by atoms with Crippen LogP contribution in [-0.4, -0.2) is 28.9 Å². The lowest BCUT2D eigenvalue weighted by molar-refractivity contribution is 0.559. The van der Waals surface area contributed by atoms with Crippen molar-refractivity contribution in [3.63, 3.8) is 0 Å². The van der Waals surface area contributed by atoms with E-state index in [9.17, 15) is 4.39 Å². The number of pyridine rings is 1. The molecule has 4 rings (SSSR count). The Morgan fingerprint density at radius 1 is 1.22 bits per heavy atom. The number of aromatic nitrogens is 2. The Labute approximate surface area is 165 Å². The maximum atomic E-state index is 14.1. The van der Waals surface area contributed by atoms with Gasteiger partial charge in [0.2, 0.25) is 0 Å². The van der Waals surface area contributed by atoms with E-state index in [0.717, 1.165) is 34.2 Å². The van der Waals surface area contributed by atoms with Gasteiger partial charge in [-0.15, -0.1) is 0 Å². The number of rotatable bonds is 5. The first-order chi connectivity index (χ1) is 13.1. The normalized spacial score (nSPS) is 15.7. The lowest BCUT2D eigenvalue weighted by atomic mass is 9.95. The van der Waals surface area contributed by atoms with Crippen molar-refractivity contribution in [3.8, 4) is 0 Å². The van der Waals surface area contributed by atoms with Crippen LogP contribution in [0.15, 0.2) is 58.3 Å². The minimum atomic E-state index is -0.129. The second-order valence-electron chi connectivity index (χ2n) is 6.88. The molecule has 0 unspecified atom stereocenters. The van der Waals surface area contributed by atoms with Gasteiger partial charge in [-0.2, -0.15) is 0 Å². The molecule has 0 bridgehead atoms. The van der Waals surface area contributed by atoms with Crippen molar-refractivity contribution >= 4 is 27.5 Å². The van der Waals surface area contributed by atoms with E-state index in [4.69, 9.17) is 0 Å². The Balaban J connectivity index is 1.38. The standard InChI is InChI=1S/C20H21BrFN5/c1-23-19(24-10-15-12-27-11-14(21)6-7-18(27)26-15)25-13-20(8-9-20)16-4-2-3-5-17(16)22/h2-7,11-12H,8-10,13H2,1H3,(H2,23,24,25). The van der Waals surface area contributed by atoms with Gasteiger partial charge in [0.25, 0.3) is 0 Å². The average Bonchev–Trinajstić information content (AvgIpc) is 3.34. The van der Waals surface area contributed by atoms with Gasteiger partial charge in [-0.3, -0.25) is 4.99 Å². The fourth-order valence-electron chi connectivity index (χ4n) is 3.33. The first kappa shape index (κ1) is 18.0. The molecule has 1 aliphatic carbocycles. The summed E-state index contributed by atoms with van der Waals surface area (Å²) < 4.78 is 17.1. The molecule has 0 saturated heterocycles. The van der Waals surface area contributed by atoms with Gasteiger partial charge in [0.15, 0.2) is 5.96 Å². The number of guanidine groups is 1. The topological polar surface area (TPSA) is 53.7 Å². The molecule has 3 aromatic rings. The van der Waals surface area contributed by atoms with Crippen LogP contribution in [0.2, 0.25) is 0 Å². The SMILES string of the molecule is CN=C(NCc1cn2cc(Br)ccc2n1)NCC1(c2ccccc2F)CC1. The highest BCUT2D eigenvalue weighted by atomic mass is 79.9.